The van der Waals surface area contributed by atoms with Crippen LogP contribution in [0.3, 0.4) is 0 Å². The number of aryl methyl sites for hydroxylation is 1. The highest BCUT2D eigenvalue weighted by molar-refractivity contribution is 14.1. The second-order valence-electron chi connectivity index (χ2n) is 3.61. The second kappa shape index (κ2) is 5.53. The molecule has 18 heavy (non-hydrogen) atoms. The summed E-state index contributed by atoms with van der Waals surface area (Å²) in [7, 11) is 0. The van der Waals surface area contributed by atoms with Crippen LogP contribution in [0.25, 0.3) is 0 Å². The number of hydrazone groups is 1. The number of nitrogens with two attached hydrogens (primary N) is 1. The minimum Gasteiger partial charge on any atom is -0.507 e. The van der Waals surface area contributed by atoms with Crippen LogP contribution in [0.4, 0.5) is 10.9 Å². The fourth-order valence-corrected chi connectivity index (χ4v) is 2.71. The van der Waals surface area contributed by atoms with Crippen molar-refractivity contribution in [1.82, 2.24) is 4.98 Å². The maximum absolute atomic E-state index is 9.87. The van der Waals surface area contributed by atoms with Crippen LogP contribution in [-0.2, 0) is 0 Å². The Labute approximate surface area is 122 Å². The van der Waals surface area contributed by atoms with Gasteiger partial charge < -0.3 is 10.8 Å². The average Bonchev–Trinajstić information content (AvgIpc) is 2.71. The van der Waals surface area contributed by atoms with Gasteiger partial charge in [0, 0.05) is 14.5 Å². The van der Waals surface area contributed by atoms with Gasteiger partial charge in [-0.1, -0.05) is 0 Å². The van der Waals surface area contributed by atoms with E-state index in [1.54, 1.807) is 11.6 Å². The number of hydrogen-bond acceptors (Lipinski definition) is 6. The molecule has 0 saturated carbocycles. The standard InChI is InChI=1S/C11H11IN4OS/c1-6-2-8(12)3-7(10(6)17)4-14-16-11-15-9(13)5-18-11/h2-5,17H,13H2,1H3,(H,15,16). The van der Waals surface area contributed by atoms with Crippen molar-refractivity contribution in [1.29, 1.82) is 0 Å². The minimum absolute atomic E-state index is 0.236. The Bertz CT molecular complexity index is 597. The molecule has 2 rings (SSSR count). The van der Waals surface area contributed by atoms with Crippen molar-refractivity contribution in [3.05, 3.63) is 32.2 Å². The molecule has 0 bridgehead atoms. The van der Waals surface area contributed by atoms with Crippen molar-refractivity contribution in [3.8, 4) is 5.75 Å². The van der Waals surface area contributed by atoms with Crippen LogP contribution >= 0.6 is 33.9 Å². The zero-order chi connectivity index (χ0) is 13.1. The minimum atomic E-state index is 0.236. The number of aromatic hydroxyl groups is 1. The molecule has 0 aliphatic carbocycles. The second-order valence-corrected chi connectivity index (χ2v) is 5.71. The number of hydrogen-bond donors (Lipinski definition) is 3. The number of anilines is 2. The van der Waals surface area contributed by atoms with Crippen molar-refractivity contribution in [2.75, 3.05) is 11.2 Å². The Kier molecular flexibility index (Phi) is 4.02. The molecule has 1 aromatic heterocycles. The SMILES string of the molecule is Cc1cc(I)cc(C=NNc2nc(N)cs2)c1O. The molecule has 0 spiro atoms. The Morgan fingerprint density at radius 2 is 2.33 bits per heavy atom. The Hall–Kier alpha value is -1.35. The van der Waals surface area contributed by atoms with Gasteiger partial charge in [0.25, 0.3) is 0 Å². The van der Waals surface area contributed by atoms with Crippen molar-refractivity contribution < 1.29 is 5.11 Å². The number of nitrogens with one attached hydrogen (secondary N) is 1. The maximum atomic E-state index is 9.87. The molecule has 4 N–H and O–H groups in total. The number of rotatable bonds is 3. The number of halogens is 1. The first-order chi connectivity index (χ1) is 8.56. The third-order valence-corrected chi connectivity index (χ3v) is 3.57. The lowest BCUT2D eigenvalue weighted by Gasteiger charge is -2.03. The number of thiazole rings is 1. The van der Waals surface area contributed by atoms with Gasteiger partial charge in [-0.15, -0.1) is 11.3 Å². The average molecular weight is 374 g/mol. The van der Waals surface area contributed by atoms with E-state index in [1.807, 2.05) is 19.1 Å². The molecule has 0 atom stereocenters. The highest BCUT2D eigenvalue weighted by Gasteiger charge is 2.04. The summed E-state index contributed by atoms with van der Waals surface area (Å²) in [6.45, 7) is 1.85. The predicted molar refractivity (Wildman–Crippen MR) is 83.3 cm³/mol. The summed E-state index contributed by atoms with van der Waals surface area (Å²) in [6.07, 6.45) is 1.56. The fraction of sp³-hybridized carbons (Fsp3) is 0.0909. The predicted octanol–water partition coefficient (Wildman–Crippen LogP) is 2.79. The van der Waals surface area contributed by atoms with E-state index in [2.05, 4.69) is 38.1 Å². The molecule has 1 heterocycles. The first-order valence-electron chi connectivity index (χ1n) is 5.05. The van der Waals surface area contributed by atoms with E-state index in [1.165, 1.54) is 11.3 Å². The van der Waals surface area contributed by atoms with Crippen LogP contribution in [0.1, 0.15) is 11.1 Å². The van der Waals surface area contributed by atoms with Gasteiger partial charge in [-0.2, -0.15) is 5.10 Å². The monoisotopic (exact) mass is 374 g/mol. The summed E-state index contributed by atoms with van der Waals surface area (Å²) in [5.41, 5.74) is 9.74. The molecule has 0 radical (unpaired) electrons. The largest absolute Gasteiger partial charge is 0.507 e. The first kappa shape index (κ1) is 13.1. The molecule has 2 aromatic rings. The quantitative estimate of drug-likeness (QED) is 0.438. The van der Waals surface area contributed by atoms with Crippen molar-refractivity contribution in [2.24, 2.45) is 5.10 Å². The molecule has 0 unspecified atom stereocenters. The van der Waals surface area contributed by atoms with E-state index >= 15 is 0 Å². The molecule has 1 aromatic carbocycles. The number of phenols is 1. The zero-order valence-corrected chi connectivity index (χ0v) is 12.5. The van der Waals surface area contributed by atoms with Crippen LogP contribution in [0, 0.1) is 10.5 Å². The van der Waals surface area contributed by atoms with Gasteiger partial charge in [0.15, 0.2) is 0 Å². The molecule has 0 aliphatic rings. The van der Waals surface area contributed by atoms with Crippen LogP contribution in [0.15, 0.2) is 22.6 Å². The summed E-state index contributed by atoms with van der Waals surface area (Å²) in [6, 6.07) is 3.76. The molecule has 7 heteroatoms. The Morgan fingerprint density at radius 1 is 1.56 bits per heavy atom. The van der Waals surface area contributed by atoms with E-state index in [0.717, 1.165) is 9.13 Å². The Morgan fingerprint density at radius 3 is 3.00 bits per heavy atom. The molecule has 5 nitrogen and oxygen atoms in total. The van der Waals surface area contributed by atoms with E-state index in [4.69, 9.17) is 5.73 Å². The summed E-state index contributed by atoms with van der Waals surface area (Å²) in [5, 5.41) is 16.2. The van der Waals surface area contributed by atoms with Crippen LogP contribution in [0.2, 0.25) is 0 Å². The first-order valence-corrected chi connectivity index (χ1v) is 7.01. The maximum Gasteiger partial charge on any atom is 0.205 e. The van der Waals surface area contributed by atoms with Gasteiger partial charge in [0.05, 0.1) is 6.21 Å². The number of aromatic nitrogens is 1. The summed E-state index contributed by atoms with van der Waals surface area (Å²) >= 11 is 3.56. The normalized spacial score (nSPS) is 11.0. The van der Waals surface area contributed by atoms with Crippen LogP contribution in [-0.4, -0.2) is 16.3 Å². The fourth-order valence-electron chi connectivity index (χ4n) is 1.35. The van der Waals surface area contributed by atoms with Gasteiger partial charge >= 0.3 is 0 Å². The van der Waals surface area contributed by atoms with Crippen molar-refractivity contribution >= 4 is 51.1 Å². The number of nitrogen functional groups attached to an aromatic ring is 1. The molecule has 94 valence electrons. The zero-order valence-electron chi connectivity index (χ0n) is 9.51. The summed E-state index contributed by atoms with van der Waals surface area (Å²) in [5.74, 6) is 0.699. The smallest absolute Gasteiger partial charge is 0.205 e. The lowest BCUT2D eigenvalue weighted by atomic mass is 10.1. The lowest BCUT2D eigenvalue weighted by molar-refractivity contribution is 0.470. The van der Waals surface area contributed by atoms with Crippen LogP contribution in [0.5, 0.6) is 5.75 Å². The van der Waals surface area contributed by atoms with Crippen molar-refractivity contribution in [3.63, 3.8) is 0 Å². The number of phenolic OH excluding ortho intramolecular Hbond substituents is 1. The molecular formula is C11H11IN4OS. The molecule has 0 aliphatic heterocycles. The molecule has 0 fully saturated rings. The topological polar surface area (TPSA) is 83.5 Å². The van der Waals surface area contributed by atoms with Gasteiger partial charge in [0.1, 0.15) is 11.6 Å². The molecule has 0 amide bonds. The van der Waals surface area contributed by atoms with Gasteiger partial charge in [-0.05, 0) is 47.2 Å². The van der Waals surface area contributed by atoms with E-state index in [0.29, 0.717) is 16.5 Å². The van der Waals surface area contributed by atoms with Gasteiger partial charge in [0.2, 0.25) is 5.13 Å². The van der Waals surface area contributed by atoms with E-state index in [9.17, 15) is 5.11 Å². The lowest BCUT2D eigenvalue weighted by Crippen LogP contribution is -1.93. The Balaban J connectivity index is 2.14. The summed E-state index contributed by atoms with van der Waals surface area (Å²) in [4.78, 5) is 4.01. The molecule has 0 saturated heterocycles. The highest BCUT2D eigenvalue weighted by atomic mass is 127. The molecular weight excluding hydrogens is 363 g/mol. The van der Waals surface area contributed by atoms with Crippen molar-refractivity contribution in [2.45, 2.75) is 6.92 Å². The van der Waals surface area contributed by atoms with Gasteiger partial charge in [-0.25, -0.2) is 4.98 Å². The van der Waals surface area contributed by atoms with E-state index < -0.39 is 0 Å². The number of nitrogens with zero attached hydrogens (tertiary/aromatic N) is 2. The summed E-state index contributed by atoms with van der Waals surface area (Å²) < 4.78 is 1.04. The number of benzene rings is 1. The third kappa shape index (κ3) is 3.10. The van der Waals surface area contributed by atoms with Gasteiger partial charge in [-0.3, -0.25) is 5.43 Å². The van der Waals surface area contributed by atoms with E-state index in [-0.39, 0.29) is 5.75 Å². The van der Waals surface area contributed by atoms with Crippen LogP contribution < -0.4 is 11.2 Å². The highest BCUT2D eigenvalue weighted by Crippen LogP contribution is 2.23. The third-order valence-electron chi connectivity index (χ3n) is 2.18.